The molecule has 31 heavy (non-hydrogen) atoms. The average Bonchev–Trinajstić information content (AvgIpc) is 3.21. The highest BCUT2D eigenvalue weighted by molar-refractivity contribution is 5.91. The van der Waals surface area contributed by atoms with E-state index in [0.717, 1.165) is 11.1 Å². The van der Waals surface area contributed by atoms with Crippen molar-refractivity contribution in [1.82, 2.24) is 4.90 Å². The average molecular weight is 412 g/mol. The Bertz CT molecular complexity index is 1040. The number of nitrogens with one attached hydrogen (secondary N) is 1. The van der Waals surface area contributed by atoms with Gasteiger partial charge in [0.1, 0.15) is 6.61 Å². The molecule has 1 heterocycles. The van der Waals surface area contributed by atoms with Crippen LogP contribution < -0.4 is 5.32 Å². The van der Waals surface area contributed by atoms with E-state index in [1.54, 1.807) is 4.90 Å². The van der Waals surface area contributed by atoms with Gasteiger partial charge in [-0.05, 0) is 29.3 Å². The van der Waals surface area contributed by atoms with Crippen LogP contribution in [-0.4, -0.2) is 30.1 Å². The van der Waals surface area contributed by atoms with Gasteiger partial charge in [-0.15, -0.1) is 0 Å². The quantitative estimate of drug-likeness (QED) is 0.602. The van der Waals surface area contributed by atoms with Crippen LogP contribution in [0, 0.1) is 0 Å². The molecule has 0 saturated carbocycles. The molecule has 0 aliphatic carbocycles. The number of ether oxygens (including phenoxy) is 1. The summed E-state index contributed by atoms with van der Waals surface area (Å²) in [5, 5.41) is 2.95. The fraction of sp³-hybridized carbons (Fsp3) is 0.154. The fourth-order valence-electron chi connectivity index (χ4n) is 3.96. The molecule has 0 aromatic heterocycles. The molecule has 5 nitrogen and oxygen atoms in total. The Morgan fingerprint density at radius 1 is 0.871 bits per heavy atom. The third-order valence-corrected chi connectivity index (χ3v) is 5.44. The molecular weight excluding hydrogens is 388 g/mol. The van der Waals surface area contributed by atoms with E-state index >= 15 is 0 Å². The van der Waals surface area contributed by atoms with Crippen molar-refractivity contribution in [3.05, 3.63) is 114 Å². The molecule has 1 aliphatic rings. The smallest absolute Gasteiger partial charge is 0.326 e. The van der Waals surface area contributed by atoms with Crippen molar-refractivity contribution >= 4 is 17.7 Å². The Balaban J connectivity index is 1.75. The summed E-state index contributed by atoms with van der Waals surface area (Å²) in [5.74, 6) is -0.388. The molecule has 0 spiro atoms. The van der Waals surface area contributed by atoms with Crippen molar-refractivity contribution in [2.24, 2.45) is 0 Å². The van der Waals surface area contributed by atoms with Crippen LogP contribution >= 0.6 is 0 Å². The van der Waals surface area contributed by atoms with Crippen LogP contribution in [0.4, 0.5) is 10.5 Å². The van der Waals surface area contributed by atoms with E-state index in [-0.39, 0.29) is 18.6 Å². The second-order valence-corrected chi connectivity index (χ2v) is 7.50. The number of nitrogens with zero attached hydrogens (tertiary/aromatic N) is 1. The molecule has 156 valence electrons. The standard InChI is InChI=1S/C26H24N2O3/c1-20(29)31-18-24-17-26(21-11-5-2-6-12-21,22-13-7-3-8-14-22)19-28(24)25(30)27-23-15-9-4-10-16-23/h2-17H,18-19H2,1H3,(H,27,30). The molecule has 0 unspecified atom stereocenters. The molecule has 0 saturated heterocycles. The van der Waals surface area contributed by atoms with Gasteiger partial charge in [0.25, 0.3) is 0 Å². The molecule has 3 aromatic carbocycles. The highest BCUT2D eigenvalue weighted by Gasteiger charge is 2.43. The van der Waals surface area contributed by atoms with Crippen LogP contribution in [0.2, 0.25) is 0 Å². The lowest BCUT2D eigenvalue weighted by Gasteiger charge is -2.31. The first-order valence-corrected chi connectivity index (χ1v) is 10.2. The third kappa shape index (κ3) is 4.36. The van der Waals surface area contributed by atoms with Crippen molar-refractivity contribution in [2.45, 2.75) is 12.3 Å². The number of esters is 1. The van der Waals surface area contributed by atoms with E-state index in [9.17, 15) is 9.59 Å². The zero-order valence-corrected chi connectivity index (χ0v) is 17.3. The summed E-state index contributed by atoms with van der Waals surface area (Å²) < 4.78 is 5.29. The van der Waals surface area contributed by atoms with E-state index in [4.69, 9.17) is 4.74 Å². The molecule has 1 aliphatic heterocycles. The predicted molar refractivity (Wildman–Crippen MR) is 121 cm³/mol. The summed E-state index contributed by atoms with van der Waals surface area (Å²) in [6.45, 7) is 1.79. The number of para-hydroxylation sites is 1. The summed E-state index contributed by atoms with van der Waals surface area (Å²) in [6.07, 6.45) is 2.05. The Morgan fingerprint density at radius 2 is 1.39 bits per heavy atom. The van der Waals surface area contributed by atoms with E-state index in [1.807, 2.05) is 72.8 Å². The van der Waals surface area contributed by atoms with Gasteiger partial charge < -0.3 is 10.1 Å². The van der Waals surface area contributed by atoms with Crippen molar-refractivity contribution in [1.29, 1.82) is 0 Å². The van der Waals surface area contributed by atoms with Crippen LogP contribution in [0.15, 0.2) is 103 Å². The largest absolute Gasteiger partial charge is 0.459 e. The maximum atomic E-state index is 13.3. The first-order valence-electron chi connectivity index (χ1n) is 10.2. The summed E-state index contributed by atoms with van der Waals surface area (Å²) in [4.78, 5) is 26.4. The van der Waals surface area contributed by atoms with E-state index < -0.39 is 5.41 Å². The SMILES string of the molecule is CC(=O)OCC1=CC(c2ccccc2)(c2ccccc2)CN1C(=O)Nc1ccccc1. The molecule has 0 fully saturated rings. The predicted octanol–water partition coefficient (Wildman–Crippen LogP) is 4.97. The zero-order valence-electron chi connectivity index (χ0n) is 17.3. The van der Waals surface area contributed by atoms with Gasteiger partial charge in [0.15, 0.2) is 0 Å². The number of amides is 2. The van der Waals surface area contributed by atoms with Crippen molar-refractivity contribution in [3.63, 3.8) is 0 Å². The van der Waals surface area contributed by atoms with Crippen LogP contribution in [0.3, 0.4) is 0 Å². The molecule has 5 heteroatoms. The molecule has 1 N–H and O–H groups in total. The molecule has 2 amide bonds. The van der Waals surface area contributed by atoms with Crippen molar-refractivity contribution in [3.8, 4) is 0 Å². The Morgan fingerprint density at radius 3 is 1.90 bits per heavy atom. The number of anilines is 1. The highest BCUT2D eigenvalue weighted by Crippen LogP contribution is 2.41. The summed E-state index contributed by atoms with van der Waals surface area (Å²) in [6, 6.07) is 29.2. The molecule has 4 rings (SSSR count). The van der Waals surface area contributed by atoms with Gasteiger partial charge in [-0.3, -0.25) is 9.69 Å². The zero-order chi connectivity index (χ0) is 21.7. The van der Waals surface area contributed by atoms with Crippen LogP contribution in [0.25, 0.3) is 0 Å². The van der Waals surface area contributed by atoms with Gasteiger partial charge in [0, 0.05) is 19.2 Å². The van der Waals surface area contributed by atoms with Crippen LogP contribution in [-0.2, 0) is 14.9 Å². The number of hydrogen-bond donors (Lipinski definition) is 1. The van der Waals surface area contributed by atoms with Gasteiger partial charge in [0.05, 0.1) is 11.1 Å². The molecule has 0 atom stereocenters. The summed E-state index contributed by atoms with van der Waals surface area (Å²) >= 11 is 0. The number of hydrogen-bond acceptors (Lipinski definition) is 3. The van der Waals surface area contributed by atoms with Crippen molar-refractivity contribution < 1.29 is 14.3 Å². The third-order valence-electron chi connectivity index (χ3n) is 5.44. The molecule has 3 aromatic rings. The van der Waals surface area contributed by atoms with Crippen LogP contribution in [0.5, 0.6) is 0 Å². The van der Waals surface area contributed by atoms with Gasteiger partial charge in [0.2, 0.25) is 0 Å². The van der Waals surface area contributed by atoms with E-state index in [2.05, 4.69) is 29.6 Å². The molecular formula is C26H24N2O3. The van der Waals surface area contributed by atoms with Gasteiger partial charge in [-0.25, -0.2) is 4.79 Å². The summed E-state index contributed by atoms with van der Waals surface area (Å²) in [7, 11) is 0. The minimum Gasteiger partial charge on any atom is -0.459 e. The van der Waals surface area contributed by atoms with Gasteiger partial charge >= 0.3 is 12.0 Å². The maximum absolute atomic E-state index is 13.3. The fourth-order valence-corrected chi connectivity index (χ4v) is 3.96. The second kappa shape index (κ2) is 8.88. The first kappa shape index (κ1) is 20.4. The first-order chi connectivity index (χ1) is 15.1. The number of carbonyl (C=O) groups excluding carboxylic acids is 2. The highest BCUT2D eigenvalue weighted by atomic mass is 16.5. The lowest BCUT2D eigenvalue weighted by atomic mass is 9.75. The Labute approximate surface area is 182 Å². The number of rotatable bonds is 5. The normalized spacial score (nSPS) is 14.6. The minimum atomic E-state index is -0.550. The molecule has 0 bridgehead atoms. The Kier molecular flexibility index (Phi) is 5.85. The number of carbonyl (C=O) groups is 2. The van der Waals surface area contributed by atoms with E-state index in [1.165, 1.54) is 6.92 Å². The van der Waals surface area contributed by atoms with Gasteiger partial charge in [-0.1, -0.05) is 78.9 Å². The lowest BCUT2D eigenvalue weighted by Crippen LogP contribution is -2.39. The van der Waals surface area contributed by atoms with Gasteiger partial charge in [-0.2, -0.15) is 0 Å². The topological polar surface area (TPSA) is 58.6 Å². The minimum absolute atomic E-state index is 0.0267. The van der Waals surface area contributed by atoms with Crippen molar-refractivity contribution in [2.75, 3.05) is 18.5 Å². The maximum Gasteiger partial charge on any atom is 0.326 e. The number of benzene rings is 3. The Hall–Kier alpha value is -3.86. The van der Waals surface area contributed by atoms with Crippen LogP contribution in [0.1, 0.15) is 18.1 Å². The van der Waals surface area contributed by atoms with E-state index in [0.29, 0.717) is 17.9 Å². The number of urea groups is 1. The lowest BCUT2D eigenvalue weighted by molar-refractivity contribution is -0.140. The summed E-state index contributed by atoms with van der Waals surface area (Å²) in [5.41, 5.74) is 2.94. The molecule has 0 radical (unpaired) electrons. The second-order valence-electron chi connectivity index (χ2n) is 7.50. The monoisotopic (exact) mass is 412 g/mol.